The van der Waals surface area contributed by atoms with Gasteiger partial charge in [-0.1, -0.05) is 137 Å². The molecule has 0 aliphatic heterocycles. The number of aliphatic carboxylic acids is 2. The second kappa shape index (κ2) is 25.9. The minimum absolute atomic E-state index is 0.127. The smallest absolute Gasteiger partial charge is 0.326 e. The molecule has 0 spiro atoms. The number of hydrogen-bond acceptors (Lipinski definition) is 9. The number of amides is 5. The van der Waals surface area contributed by atoms with E-state index in [2.05, 4.69) is 26.6 Å². The molecule has 3 aromatic carbocycles. The van der Waals surface area contributed by atoms with E-state index >= 15 is 0 Å². The predicted molar refractivity (Wildman–Crippen MR) is 251 cm³/mol. The molecule has 2 aliphatic carbocycles. The Bertz CT molecular complexity index is 2080. The highest BCUT2D eigenvalue weighted by Crippen LogP contribution is 2.29. The third-order valence-electron chi connectivity index (χ3n) is 12.6. The summed E-state index contributed by atoms with van der Waals surface area (Å²) in [6.07, 6.45) is 11.6. The van der Waals surface area contributed by atoms with Crippen LogP contribution >= 0.6 is 11.8 Å². The van der Waals surface area contributed by atoms with Gasteiger partial charge in [0.15, 0.2) is 0 Å². The van der Waals surface area contributed by atoms with Gasteiger partial charge < -0.3 is 42.5 Å². The van der Waals surface area contributed by atoms with E-state index in [1.807, 2.05) is 48.7 Å². The average molecular weight is 915 g/mol. The molecule has 3 aromatic rings. The first kappa shape index (κ1) is 50.5. The number of benzene rings is 3. The van der Waals surface area contributed by atoms with Gasteiger partial charge in [0.05, 0.1) is 6.04 Å². The van der Waals surface area contributed by atoms with Crippen molar-refractivity contribution in [3.05, 3.63) is 83.9 Å². The summed E-state index contributed by atoms with van der Waals surface area (Å²) in [6.45, 7) is 0. The Hall–Kier alpha value is -5.48. The number of thioether (sulfide) groups is 1. The third kappa shape index (κ3) is 16.2. The topological polar surface area (TPSA) is 246 Å². The van der Waals surface area contributed by atoms with Gasteiger partial charge in [-0.25, -0.2) is 4.79 Å². The number of carbonyl (C=O) groups excluding carboxylic acids is 5. The summed E-state index contributed by atoms with van der Waals surface area (Å²) in [7, 11) is 0. The maximum Gasteiger partial charge on any atom is 0.326 e. The van der Waals surface area contributed by atoms with Gasteiger partial charge in [-0.3, -0.25) is 28.8 Å². The van der Waals surface area contributed by atoms with Crippen LogP contribution in [0.4, 0.5) is 0 Å². The van der Waals surface area contributed by atoms with Gasteiger partial charge in [-0.2, -0.15) is 11.8 Å². The van der Waals surface area contributed by atoms with Crippen molar-refractivity contribution in [2.45, 2.75) is 139 Å². The Morgan fingerprint density at radius 3 is 1.72 bits per heavy atom. The van der Waals surface area contributed by atoms with Gasteiger partial charge in [0.2, 0.25) is 29.5 Å². The van der Waals surface area contributed by atoms with Crippen molar-refractivity contribution in [3.8, 4) is 0 Å². The Labute approximate surface area is 385 Å². The van der Waals surface area contributed by atoms with Crippen LogP contribution in [0.2, 0.25) is 0 Å². The standard InChI is InChI=1S/C49H66N6O9S/c1-65-26-25-39(52-47(61)40(29-31-13-5-2-6-14-31)53-44(58)37(50)28-33-21-22-34-17-11-12-20-36(34)27-33)45(59)51-38(23-24-42(56)57)46(60)55-43(35-18-9-4-10-19-35)48(62)54-41(49(63)64)30-32-15-7-3-8-16-32/h4,9-12,17-22,27,31-32,37-41,43H,2-3,5-8,13-16,23-26,28-30,50H2,1H3,(H,51,59)(H,52,61)(H,53,58)(H,54,62)(H,55,60)(H,56,57)(H,63,64)/t37-,38-,39-,40-,41-,43-/m0/s1. The number of carbonyl (C=O) groups is 7. The van der Waals surface area contributed by atoms with Crippen LogP contribution < -0.4 is 32.3 Å². The van der Waals surface area contributed by atoms with E-state index in [1.165, 1.54) is 11.8 Å². The van der Waals surface area contributed by atoms with Crippen LogP contribution in [-0.2, 0) is 40.0 Å². The van der Waals surface area contributed by atoms with Crippen molar-refractivity contribution in [1.29, 1.82) is 0 Å². The normalized spacial score (nSPS) is 17.3. The molecule has 352 valence electrons. The number of carboxylic acids is 2. The molecule has 2 fully saturated rings. The van der Waals surface area contributed by atoms with Crippen molar-refractivity contribution < 1.29 is 43.8 Å². The van der Waals surface area contributed by atoms with Crippen LogP contribution in [0.1, 0.15) is 113 Å². The summed E-state index contributed by atoms with van der Waals surface area (Å²) in [6, 6.07) is 14.8. The molecule has 0 radical (unpaired) electrons. The molecule has 16 heteroatoms. The molecule has 0 unspecified atom stereocenters. The summed E-state index contributed by atoms with van der Waals surface area (Å²) in [5.41, 5.74) is 7.66. The minimum atomic E-state index is -1.46. The Balaban J connectivity index is 1.31. The maximum absolute atomic E-state index is 14.2. The summed E-state index contributed by atoms with van der Waals surface area (Å²) in [4.78, 5) is 94.2. The highest BCUT2D eigenvalue weighted by Gasteiger charge is 2.35. The fourth-order valence-corrected chi connectivity index (χ4v) is 9.46. The zero-order valence-corrected chi connectivity index (χ0v) is 38.1. The first-order valence-electron chi connectivity index (χ1n) is 23.0. The van der Waals surface area contributed by atoms with Crippen LogP contribution in [0.3, 0.4) is 0 Å². The quantitative estimate of drug-likeness (QED) is 0.0584. The second-order valence-corrected chi connectivity index (χ2v) is 18.6. The number of rotatable bonds is 24. The molecule has 5 amide bonds. The summed E-state index contributed by atoms with van der Waals surface area (Å²) in [5.74, 6) is -5.21. The molecule has 0 heterocycles. The summed E-state index contributed by atoms with van der Waals surface area (Å²) < 4.78 is 0. The number of fused-ring (bicyclic) bond motifs is 1. The first-order chi connectivity index (χ1) is 31.3. The third-order valence-corrected chi connectivity index (χ3v) is 13.3. The van der Waals surface area contributed by atoms with Gasteiger partial charge in [-0.05, 0) is 77.8 Å². The molecule has 5 rings (SSSR count). The van der Waals surface area contributed by atoms with Gasteiger partial charge in [-0.15, -0.1) is 0 Å². The minimum Gasteiger partial charge on any atom is -0.481 e. The number of hydrogen-bond donors (Lipinski definition) is 8. The zero-order valence-electron chi connectivity index (χ0n) is 37.3. The molecule has 6 atom stereocenters. The highest BCUT2D eigenvalue weighted by molar-refractivity contribution is 7.98. The van der Waals surface area contributed by atoms with Crippen molar-refractivity contribution in [1.82, 2.24) is 26.6 Å². The summed E-state index contributed by atoms with van der Waals surface area (Å²) >= 11 is 1.43. The Kier molecular flexibility index (Phi) is 20.1. The monoisotopic (exact) mass is 914 g/mol. The van der Waals surface area contributed by atoms with Crippen molar-refractivity contribution in [2.75, 3.05) is 12.0 Å². The van der Waals surface area contributed by atoms with Crippen molar-refractivity contribution in [2.24, 2.45) is 17.6 Å². The van der Waals surface area contributed by atoms with Crippen LogP contribution in [0, 0.1) is 11.8 Å². The van der Waals surface area contributed by atoms with E-state index in [0.717, 1.165) is 80.5 Å². The van der Waals surface area contributed by atoms with E-state index < -0.39 is 84.1 Å². The molecular weight excluding hydrogens is 849 g/mol. The summed E-state index contributed by atoms with van der Waals surface area (Å²) in [5, 5.41) is 35.4. The van der Waals surface area contributed by atoms with Crippen LogP contribution in [0.25, 0.3) is 10.8 Å². The molecule has 15 nitrogen and oxygen atoms in total. The van der Waals surface area contributed by atoms with Crippen LogP contribution in [-0.4, -0.2) is 93.9 Å². The van der Waals surface area contributed by atoms with E-state index in [9.17, 15) is 43.8 Å². The molecule has 0 saturated heterocycles. The van der Waals surface area contributed by atoms with Gasteiger partial charge in [0.25, 0.3) is 0 Å². The maximum atomic E-state index is 14.2. The molecule has 2 aliphatic rings. The number of nitrogens with two attached hydrogens (primary N) is 1. The van der Waals surface area contributed by atoms with Crippen LogP contribution in [0.15, 0.2) is 72.8 Å². The highest BCUT2D eigenvalue weighted by atomic mass is 32.2. The SMILES string of the molecule is CSCC[C@H](NC(=O)[C@H](CC1CCCCC1)NC(=O)[C@@H](N)Cc1ccc2ccccc2c1)C(=O)N[C@@H](CCC(=O)O)C(=O)N[C@H](C(=O)N[C@@H](CC1CCCCC1)C(=O)O)c1ccccc1. The van der Waals surface area contributed by atoms with Crippen molar-refractivity contribution >= 4 is 64.0 Å². The van der Waals surface area contributed by atoms with Crippen molar-refractivity contribution in [3.63, 3.8) is 0 Å². The van der Waals surface area contributed by atoms with Crippen LogP contribution in [0.5, 0.6) is 0 Å². The lowest BCUT2D eigenvalue weighted by molar-refractivity contribution is -0.143. The first-order valence-corrected chi connectivity index (χ1v) is 24.4. The second-order valence-electron chi connectivity index (χ2n) is 17.6. The van der Waals surface area contributed by atoms with E-state index in [0.29, 0.717) is 17.7 Å². The number of carboxylic acid groups (broad SMARTS) is 2. The molecule has 2 saturated carbocycles. The molecule has 9 N–H and O–H groups in total. The van der Waals surface area contributed by atoms with Gasteiger partial charge >= 0.3 is 11.9 Å². The zero-order chi connectivity index (χ0) is 46.7. The van der Waals surface area contributed by atoms with Gasteiger partial charge in [0, 0.05) is 6.42 Å². The predicted octanol–water partition coefficient (Wildman–Crippen LogP) is 5.15. The Morgan fingerprint density at radius 2 is 1.12 bits per heavy atom. The largest absolute Gasteiger partial charge is 0.481 e. The lowest BCUT2D eigenvalue weighted by Crippen LogP contribution is -2.58. The molecule has 65 heavy (non-hydrogen) atoms. The lowest BCUT2D eigenvalue weighted by Gasteiger charge is -2.29. The molecule has 0 aromatic heterocycles. The average Bonchev–Trinajstić information content (AvgIpc) is 3.30. The lowest BCUT2D eigenvalue weighted by atomic mass is 9.84. The van der Waals surface area contributed by atoms with E-state index in [4.69, 9.17) is 5.73 Å². The fourth-order valence-electron chi connectivity index (χ4n) is 8.99. The van der Waals surface area contributed by atoms with Gasteiger partial charge in [0.1, 0.15) is 30.2 Å². The van der Waals surface area contributed by atoms with E-state index in [-0.39, 0.29) is 37.5 Å². The van der Waals surface area contributed by atoms with E-state index in [1.54, 1.807) is 30.3 Å². The Morgan fingerprint density at radius 1 is 0.600 bits per heavy atom. The number of nitrogens with one attached hydrogen (secondary N) is 5. The fraction of sp³-hybridized carbons (Fsp3) is 0.531. The molecule has 0 bridgehead atoms. The molecular formula is C49H66N6O9S.